The molecule has 0 radical (unpaired) electrons. The molecular formula is C64H104N2. The van der Waals surface area contributed by atoms with Crippen LogP contribution >= 0.6 is 0 Å². The van der Waals surface area contributed by atoms with Gasteiger partial charge in [-0.2, -0.15) is 0 Å². The summed E-state index contributed by atoms with van der Waals surface area (Å²) in [6.07, 6.45) is 46.6. The van der Waals surface area contributed by atoms with Crippen molar-refractivity contribution in [1.82, 2.24) is 0 Å². The molecule has 1 aliphatic rings. The molecule has 0 saturated heterocycles. The van der Waals surface area contributed by atoms with Gasteiger partial charge in [-0.3, -0.25) is 0 Å². The van der Waals surface area contributed by atoms with Crippen LogP contribution in [0.4, 0.5) is 0 Å². The minimum Gasteiger partial charge on any atom is -0.493 e. The highest BCUT2D eigenvalue weighted by molar-refractivity contribution is 5.86. The number of rotatable bonds is 39. The Bertz CT molecular complexity index is 1710. The fourth-order valence-corrected chi connectivity index (χ4v) is 10.5. The van der Waals surface area contributed by atoms with Crippen molar-refractivity contribution < 1.29 is 4.70 Å². The Morgan fingerprint density at radius 1 is 0.348 bits per heavy atom. The first-order valence-corrected chi connectivity index (χ1v) is 29.2. The lowest BCUT2D eigenvalue weighted by atomic mass is 9.86. The van der Waals surface area contributed by atoms with Gasteiger partial charge in [0.05, 0.1) is 0 Å². The van der Waals surface area contributed by atoms with Crippen LogP contribution in [0.15, 0.2) is 35.4 Å². The largest absolute Gasteiger partial charge is 0.493 e. The summed E-state index contributed by atoms with van der Waals surface area (Å²) in [5, 5.41) is 0. The predicted octanol–water partition coefficient (Wildman–Crippen LogP) is 20.8. The van der Waals surface area contributed by atoms with Gasteiger partial charge in [-0.25, -0.2) is 4.70 Å². The molecule has 0 fully saturated rings. The van der Waals surface area contributed by atoms with Crippen molar-refractivity contribution in [3.8, 4) is 11.8 Å². The fourth-order valence-electron chi connectivity index (χ4n) is 10.5. The third-order valence-corrected chi connectivity index (χ3v) is 14.6. The molecule has 66 heavy (non-hydrogen) atoms. The van der Waals surface area contributed by atoms with Crippen molar-refractivity contribution in [1.29, 1.82) is 0 Å². The van der Waals surface area contributed by atoms with Crippen molar-refractivity contribution in [3.05, 3.63) is 85.5 Å². The molecule has 0 atom stereocenters. The molecule has 2 aromatic carbocycles. The quantitative estimate of drug-likeness (QED) is 0.0363. The lowest BCUT2D eigenvalue weighted by Gasteiger charge is -2.20. The molecule has 0 spiro atoms. The first-order valence-electron chi connectivity index (χ1n) is 29.2. The van der Waals surface area contributed by atoms with E-state index < -0.39 is 0 Å². The molecule has 0 amide bonds. The van der Waals surface area contributed by atoms with Crippen LogP contribution < -0.4 is 0 Å². The highest BCUT2D eigenvalue weighted by Crippen LogP contribution is 2.44. The summed E-state index contributed by atoms with van der Waals surface area (Å²) >= 11 is 0. The van der Waals surface area contributed by atoms with Crippen molar-refractivity contribution in [3.63, 3.8) is 0 Å². The zero-order valence-corrected chi connectivity index (χ0v) is 45.1. The van der Waals surface area contributed by atoms with Crippen molar-refractivity contribution in [2.45, 2.75) is 299 Å². The van der Waals surface area contributed by atoms with Gasteiger partial charge in [0.25, 0.3) is 0 Å². The normalized spacial score (nSPS) is 12.8. The minimum absolute atomic E-state index is 0.923. The number of allylic oxidation sites excluding steroid dienone is 2. The molecule has 0 saturated carbocycles. The van der Waals surface area contributed by atoms with E-state index in [-0.39, 0.29) is 0 Å². The van der Waals surface area contributed by atoms with Gasteiger partial charge in [0.2, 0.25) is 11.4 Å². The van der Waals surface area contributed by atoms with Crippen molar-refractivity contribution in [2.24, 2.45) is 0 Å². The van der Waals surface area contributed by atoms with Gasteiger partial charge in [-0.05, 0) is 154 Å². The second-order valence-electron chi connectivity index (χ2n) is 20.5. The first kappa shape index (κ1) is 57.4. The lowest BCUT2D eigenvalue weighted by molar-refractivity contribution is -0.345. The zero-order chi connectivity index (χ0) is 47.6. The number of hydrogen-bond acceptors (Lipinski definition) is 0. The number of nitrogens with zero attached hydrogens (tertiary/aromatic N) is 2. The van der Waals surface area contributed by atoms with E-state index in [4.69, 9.17) is 0 Å². The van der Waals surface area contributed by atoms with E-state index in [1.165, 1.54) is 232 Å². The number of aryl methyl sites for hydroxylation is 4. The molecule has 2 heteroatoms. The smallest absolute Gasteiger partial charge is 0.223 e. The van der Waals surface area contributed by atoms with E-state index in [1.807, 2.05) is 0 Å². The maximum Gasteiger partial charge on any atom is 0.223 e. The van der Waals surface area contributed by atoms with Crippen LogP contribution in [-0.2, 0) is 38.5 Å². The number of unbranched alkanes of at least 4 members (excludes halogenated alkanes) is 23. The Morgan fingerprint density at radius 2 is 0.652 bits per heavy atom. The van der Waals surface area contributed by atoms with Crippen LogP contribution in [0.25, 0.3) is 16.9 Å². The van der Waals surface area contributed by atoms with Gasteiger partial charge in [0.15, 0.2) is 0 Å². The summed E-state index contributed by atoms with van der Waals surface area (Å²) < 4.78 is 1.68. The minimum atomic E-state index is 0.923. The van der Waals surface area contributed by atoms with E-state index >= 15 is 0 Å². The Hall–Kier alpha value is -2.92. The van der Waals surface area contributed by atoms with Crippen LogP contribution in [0, 0.1) is 11.8 Å². The van der Waals surface area contributed by atoms with E-state index in [2.05, 4.69) is 91.5 Å². The van der Waals surface area contributed by atoms with Gasteiger partial charge < -0.3 is 5.53 Å². The molecule has 0 bridgehead atoms. The van der Waals surface area contributed by atoms with Crippen LogP contribution in [0.3, 0.4) is 0 Å². The molecule has 3 rings (SSSR count). The third kappa shape index (κ3) is 20.0. The molecule has 1 heterocycles. The summed E-state index contributed by atoms with van der Waals surface area (Å²) in [4.78, 5) is 0. The average molecular weight is 902 g/mol. The highest BCUT2D eigenvalue weighted by Gasteiger charge is 2.36. The monoisotopic (exact) mass is 901 g/mol. The van der Waals surface area contributed by atoms with Gasteiger partial charge >= 0.3 is 0 Å². The van der Waals surface area contributed by atoms with E-state index in [9.17, 15) is 5.53 Å². The molecule has 0 unspecified atom stereocenters. The zero-order valence-electron chi connectivity index (χ0n) is 45.1. The van der Waals surface area contributed by atoms with Crippen molar-refractivity contribution in [2.75, 3.05) is 0 Å². The molecular weight excluding hydrogens is 797 g/mol. The van der Waals surface area contributed by atoms with Crippen molar-refractivity contribution >= 4 is 11.4 Å². The summed E-state index contributed by atoms with van der Waals surface area (Å²) in [6, 6.07) is 10.1. The Kier molecular flexibility index (Phi) is 31.4. The molecule has 2 nitrogen and oxygen atoms in total. The maximum atomic E-state index is 13.2. The van der Waals surface area contributed by atoms with Gasteiger partial charge in [0.1, 0.15) is 5.57 Å². The van der Waals surface area contributed by atoms with Gasteiger partial charge in [0, 0.05) is 23.1 Å². The molecule has 2 aromatic rings. The topological polar surface area (TPSA) is 25.3 Å². The second kappa shape index (κ2) is 36.1. The van der Waals surface area contributed by atoms with Gasteiger partial charge in [-0.1, -0.05) is 208 Å². The molecule has 370 valence electrons. The standard InChI is InChI=1S/C64H104N2/c1-9-17-25-26-27-28-29-30-31-32-40-48-62-61(47-39-24-16-8)63(57-49-53(41-33-18-10-2)59(45-37-22-14-6)54(50-57)42-34-19-11-3)66(65)64(62)58-51-55(43-35-20-12-4)60(46-38-23-15-7)56(52-58)44-36-21-13-5/h49-52H,9-39,41-47H2,1-8H3. The summed E-state index contributed by atoms with van der Waals surface area (Å²) in [5.41, 5.74) is 29.3. The number of benzene rings is 2. The molecule has 0 N–H and O–H groups in total. The lowest BCUT2D eigenvalue weighted by Crippen LogP contribution is -2.09. The first-order chi connectivity index (χ1) is 32.4. The maximum absolute atomic E-state index is 13.2. The Balaban J connectivity index is 2.33. The average Bonchev–Trinajstić information content (AvgIpc) is 3.59. The highest BCUT2D eigenvalue weighted by atomic mass is 15.2. The molecule has 1 aliphatic heterocycles. The summed E-state index contributed by atoms with van der Waals surface area (Å²) in [5.74, 6) is 7.66. The van der Waals surface area contributed by atoms with Gasteiger partial charge in [-0.15, -0.1) is 0 Å². The fraction of sp³-hybridized carbons (Fsp3) is 0.719. The van der Waals surface area contributed by atoms with Crippen LogP contribution in [0.2, 0.25) is 0 Å². The Morgan fingerprint density at radius 3 is 1.03 bits per heavy atom. The summed E-state index contributed by atoms with van der Waals surface area (Å²) in [7, 11) is 0. The molecule has 0 aliphatic carbocycles. The Labute approximate surface area is 411 Å². The SMILES string of the molecule is CCCCCCCCCCCC#CC1=C(c2cc(CCCCC)c(CCCCC)c(CCCCC)c2)[N+](=[N-])C(c2cc(CCCCC)c(CCCCC)c(CCCCC)c2)=C1CCCCC. The van der Waals surface area contributed by atoms with Crippen LogP contribution in [0.1, 0.15) is 305 Å². The summed E-state index contributed by atoms with van der Waals surface area (Å²) in [6.45, 7) is 18.6. The van der Waals surface area contributed by atoms with E-state index in [0.29, 0.717) is 0 Å². The number of hydrogen-bond donors (Lipinski definition) is 0. The second-order valence-corrected chi connectivity index (χ2v) is 20.5. The third-order valence-electron chi connectivity index (χ3n) is 14.6. The van der Waals surface area contributed by atoms with E-state index in [1.54, 1.807) is 15.8 Å². The predicted molar refractivity (Wildman–Crippen MR) is 293 cm³/mol. The molecule has 0 aromatic heterocycles. The van der Waals surface area contributed by atoms with Crippen LogP contribution in [0.5, 0.6) is 0 Å². The van der Waals surface area contributed by atoms with Crippen LogP contribution in [-0.4, -0.2) is 4.70 Å². The van der Waals surface area contributed by atoms with E-state index in [0.717, 1.165) is 68.3 Å².